The second kappa shape index (κ2) is 10.5. The van der Waals surface area contributed by atoms with Crippen LogP contribution in [0.25, 0.3) is 22.0 Å². The third kappa shape index (κ3) is 4.95. The molecule has 1 spiro atoms. The lowest BCUT2D eigenvalue weighted by atomic mass is 9.78. The number of ether oxygens (including phenoxy) is 1. The summed E-state index contributed by atoms with van der Waals surface area (Å²) in [5, 5.41) is 8.30. The molecule has 0 bridgehead atoms. The Bertz CT molecular complexity index is 1630. The fourth-order valence-corrected chi connectivity index (χ4v) is 6.62. The van der Waals surface area contributed by atoms with Gasteiger partial charge in [0.1, 0.15) is 17.3 Å². The zero-order valence-electron chi connectivity index (χ0n) is 23.3. The number of hydrogen-bond donors (Lipinski definition) is 2. The molecule has 41 heavy (non-hydrogen) atoms. The van der Waals surface area contributed by atoms with E-state index in [4.69, 9.17) is 9.72 Å². The van der Waals surface area contributed by atoms with Crippen molar-refractivity contribution in [2.24, 2.45) is 11.3 Å². The van der Waals surface area contributed by atoms with E-state index in [0.29, 0.717) is 34.2 Å². The van der Waals surface area contributed by atoms with Crippen molar-refractivity contribution >= 4 is 22.5 Å². The number of aromatic nitrogens is 3. The molecule has 0 amide bonds. The Hall–Kier alpha value is -3.91. The minimum absolute atomic E-state index is 0.0878. The number of ketones is 1. The van der Waals surface area contributed by atoms with E-state index in [0.717, 1.165) is 61.7 Å². The predicted molar refractivity (Wildman–Crippen MR) is 157 cm³/mol. The highest BCUT2D eigenvalue weighted by molar-refractivity contribution is 5.96. The minimum atomic E-state index is -0.350. The van der Waals surface area contributed by atoms with E-state index in [1.165, 1.54) is 12.5 Å². The van der Waals surface area contributed by atoms with Crippen LogP contribution in [0.15, 0.2) is 54.9 Å². The van der Waals surface area contributed by atoms with E-state index < -0.39 is 0 Å². The van der Waals surface area contributed by atoms with Crippen molar-refractivity contribution in [2.75, 3.05) is 18.4 Å². The molecule has 3 heterocycles. The minimum Gasteiger partial charge on any atom is -0.437 e. The van der Waals surface area contributed by atoms with E-state index in [2.05, 4.69) is 20.6 Å². The molecule has 2 saturated carbocycles. The molecule has 1 aliphatic heterocycles. The maximum absolute atomic E-state index is 15.2. The van der Waals surface area contributed by atoms with Crippen LogP contribution >= 0.6 is 0 Å². The number of carbonyl (C=O) groups is 1. The highest BCUT2D eigenvalue weighted by Crippen LogP contribution is 2.66. The number of halogens is 1. The average molecular weight is 552 g/mol. The van der Waals surface area contributed by atoms with Crippen molar-refractivity contribution in [3.8, 4) is 22.9 Å². The number of carbonyl (C=O) groups excluding carboxylic acids is 1. The zero-order valence-corrected chi connectivity index (χ0v) is 23.3. The molecule has 210 valence electrons. The lowest BCUT2D eigenvalue weighted by Gasteiger charge is -2.26. The number of aryl methyl sites for hydroxylation is 1. The van der Waals surface area contributed by atoms with Crippen molar-refractivity contribution in [3.05, 3.63) is 71.8 Å². The topological polar surface area (TPSA) is 89.0 Å². The molecule has 2 N–H and O–H groups in total. The van der Waals surface area contributed by atoms with Gasteiger partial charge in [-0.05, 0) is 92.3 Å². The van der Waals surface area contributed by atoms with E-state index in [-0.39, 0.29) is 35.4 Å². The van der Waals surface area contributed by atoms with Crippen molar-refractivity contribution in [1.29, 1.82) is 0 Å². The van der Waals surface area contributed by atoms with Gasteiger partial charge >= 0.3 is 0 Å². The van der Waals surface area contributed by atoms with Crippen LogP contribution in [0, 0.1) is 24.1 Å². The van der Waals surface area contributed by atoms with Crippen LogP contribution in [0.1, 0.15) is 49.7 Å². The molecule has 4 aromatic rings. The third-order valence-corrected chi connectivity index (χ3v) is 9.21. The molecule has 1 saturated heterocycles. The Morgan fingerprint density at radius 3 is 2.76 bits per heavy atom. The monoisotopic (exact) mass is 551 g/mol. The van der Waals surface area contributed by atoms with Gasteiger partial charge in [-0.25, -0.2) is 19.3 Å². The summed E-state index contributed by atoms with van der Waals surface area (Å²) < 4.78 is 21.7. The first-order chi connectivity index (χ1) is 20.0. The molecular formula is C33H34FN5O2. The Kier molecular flexibility index (Phi) is 6.66. The van der Waals surface area contributed by atoms with E-state index in [1.807, 2.05) is 37.3 Å². The Balaban J connectivity index is 1.19. The highest BCUT2D eigenvalue weighted by Gasteiger charge is 2.60. The lowest BCUT2D eigenvalue weighted by molar-refractivity contribution is -0.120. The van der Waals surface area contributed by atoms with Crippen LogP contribution in [0.3, 0.4) is 0 Å². The average Bonchev–Trinajstić information content (AvgIpc) is 3.75. The summed E-state index contributed by atoms with van der Waals surface area (Å²) in [6.07, 6.45) is 10.1. The van der Waals surface area contributed by atoms with E-state index in [1.54, 1.807) is 18.5 Å². The molecule has 3 aliphatic rings. The van der Waals surface area contributed by atoms with Crippen LogP contribution in [-0.4, -0.2) is 39.9 Å². The molecule has 0 radical (unpaired) electrons. The number of nitrogens with one attached hydrogen (secondary N) is 2. The van der Waals surface area contributed by atoms with Gasteiger partial charge in [0.15, 0.2) is 0 Å². The fraction of sp³-hybridized carbons (Fsp3) is 0.394. The van der Waals surface area contributed by atoms with Gasteiger partial charge in [0.2, 0.25) is 11.8 Å². The number of nitrogens with zero attached hydrogens (tertiary/aromatic N) is 3. The van der Waals surface area contributed by atoms with Gasteiger partial charge in [-0.3, -0.25) is 4.79 Å². The Morgan fingerprint density at radius 1 is 1.10 bits per heavy atom. The normalized spacial score (nSPS) is 20.9. The fourth-order valence-electron chi connectivity index (χ4n) is 6.62. The van der Waals surface area contributed by atoms with Gasteiger partial charge in [0, 0.05) is 48.3 Å². The summed E-state index contributed by atoms with van der Waals surface area (Å²) in [6, 6.07) is 12.9. The molecule has 2 aromatic heterocycles. The molecule has 2 aromatic carbocycles. The third-order valence-electron chi connectivity index (χ3n) is 9.21. The molecule has 7 nitrogen and oxygen atoms in total. The molecule has 2 atom stereocenters. The van der Waals surface area contributed by atoms with Gasteiger partial charge in [0.05, 0.1) is 11.3 Å². The second-order valence-electron chi connectivity index (χ2n) is 11.9. The van der Waals surface area contributed by atoms with Crippen LogP contribution < -0.4 is 15.4 Å². The number of pyridine rings is 1. The number of Topliss-reactive ketones (excluding diaryl/α,β-unsaturated/α-hetero) is 1. The lowest BCUT2D eigenvalue weighted by Crippen LogP contribution is -2.38. The van der Waals surface area contributed by atoms with E-state index >= 15 is 4.39 Å². The SMILES string of the molecule is Cc1ccc2c(CC(=O)[C@H]3CC34CCC4)c(F)ccc2c1Oc1ncccc1-c1ccnc(N[C@H]2CCCNC2)n1. The van der Waals surface area contributed by atoms with Crippen LogP contribution in [-0.2, 0) is 11.2 Å². The van der Waals surface area contributed by atoms with Gasteiger partial charge in [0.25, 0.3) is 0 Å². The molecule has 2 aliphatic carbocycles. The summed E-state index contributed by atoms with van der Waals surface area (Å²) >= 11 is 0. The van der Waals surface area contributed by atoms with Crippen LogP contribution in [0.4, 0.5) is 10.3 Å². The number of hydrogen-bond acceptors (Lipinski definition) is 7. The van der Waals surface area contributed by atoms with E-state index in [9.17, 15) is 4.79 Å². The standard InChI is InChI=1S/C33H34FN5O2/c1-20-7-8-22-23(9-10-27(34)25(22)17-29(40)26-18-33(26)12-4-13-33)30(20)41-31-24(6-3-15-36-31)28-11-16-37-32(39-28)38-21-5-2-14-35-19-21/h3,6-11,15-16,21,26,35H,2,4-5,12-14,17-19H2,1H3,(H,37,38,39)/t21-,26+/m0/s1. The molecule has 0 unspecified atom stereocenters. The maximum Gasteiger partial charge on any atom is 0.228 e. The number of rotatable bonds is 8. The number of anilines is 1. The number of fused-ring (bicyclic) bond motifs is 1. The Labute approximate surface area is 239 Å². The summed E-state index contributed by atoms with van der Waals surface area (Å²) in [5.41, 5.74) is 2.99. The molecule has 3 fully saturated rings. The van der Waals surface area contributed by atoms with Crippen molar-refractivity contribution < 1.29 is 13.9 Å². The van der Waals surface area contributed by atoms with Gasteiger partial charge in [-0.2, -0.15) is 0 Å². The quantitative estimate of drug-likeness (QED) is 0.262. The van der Waals surface area contributed by atoms with Crippen molar-refractivity contribution in [3.63, 3.8) is 0 Å². The number of benzene rings is 2. The summed E-state index contributed by atoms with van der Waals surface area (Å²) in [7, 11) is 0. The summed E-state index contributed by atoms with van der Waals surface area (Å²) in [4.78, 5) is 26.9. The second-order valence-corrected chi connectivity index (χ2v) is 11.9. The first-order valence-electron chi connectivity index (χ1n) is 14.7. The van der Waals surface area contributed by atoms with Crippen molar-refractivity contribution in [2.45, 2.75) is 57.9 Å². The molecule has 8 heteroatoms. The summed E-state index contributed by atoms with van der Waals surface area (Å²) in [6.45, 7) is 3.88. The summed E-state index contributed by atoms with van der Waals surface area (Å²) in [5.74, 6) is 1.46. The van der Waals surface area contributed by atoms with Crippen LogP contribution in [0.5, 0.6) is 11.6 Å². The Morgan fingerprint density at radius 2 is 1.98 bits per heavy atom. The zero-order chi connectivity index (χ0) is 28.0. The maximum atomic E-state index is 15.2. The van der Waals surface area contributed by atoms with Crippen molar-refractivity contribution in [1.82, 2.24) is 20.3 Å². The first kappa shape index (κ1) is 26.0. The van der Waals surface area contributed by atoms with Gasteiger partial charge < -0.3 is 15.4 Å². The highest BCUT2D eigenvalue weighted by atomic mass is 19.1. The first-order valence-corrected chi connectivity index (χ1v) is 14.7. The van der Waals surface area contributed by atoms with Crippen LogP contribution in [0.2, 0.25) is 0 Å². The largest absolute Gasteiger partial charge is 0.437 e. The predicted octanol–water partition coefficient (Wildman–Crippen LogP) is 6.40. The smallest absolute Gasteiger partial charge is 0.228 e. The van der Waals surface area contributed by atoms with Gasteiger partial charge in [-0.1, -0.05) is 18.6 Å². The molecular weight excluding hydrogens is 517 g/mol. The molecule has 7 rings (SSSR count). The van der Waals surface area contributed by atoms with Gasteiger partial charge in [-0.15, -0.1) is 0 Å². The number of piperidine rings is 1.